The van der Waals surface area contributed by atoms with Crippen LogP contribution in [0.3, 0.4) is 0 Å². The van der Waals surface area contributed by atoms with Crippen LogP contribution in [0.1, 0.15) is 11.7 Å². The van der Waals surface area contributed by atoms with Gasteiger partial charge in [-0.15, -0.1) is 0 Å². The summed E-state index contributed by atoms with van der Waals surface area (Å²) in [4.78, 5) is 0. The van der Waals surface area contributed by atoms with E-state index >= 15 is 0 Å². The topological polar surface area (TPSA) is 21.8 Å². The van der Waals surface area contributed by atoms with Crippen molar-refractivity contribution in [2.75, 3.05) is 6.61 Å². The third kappa shape index (κ3) is 2.15. The highest BCUT2D eigenvalue weighted by atomic mass is 19.3. The van der Waals surface area contributed by atoms with Crippen molar-refractivity contribution in [3.8, 4) is 5.75 Å². The van der Waals surface area contributed by atoms with E-state index in [9.17, 15) is 8.78 Å². The van der Waals surface area contributed by atoms with Crippen molar-refractivity contribution in [3.05, 3.63) is 29.8 Å². The SMILES string of the molecule is FC(F)Oc1ccc([C@H]2CO2)cc1. The largest absolute Gasteiger partial charge is 0.435 e. The van der Waals surface area contributed by atoms with Gasteiger partial charge in [0, 0.05) is 0 Å². The fraction of sp³-hybridized carbons (Fsp3) is 0.333. The van der Waals surface area contributed by atoms with Gasteiger partial charge < -0.3 is 9.47 Å². The van der Waals surface area contributed by atoms with Crippen LogP contribution in [0.15, 0.2) is 24.3 Å². The first-order chi connectivity index (χ1) is 6.25. The van der Waals surface area contributed by atoms with Crippen molar-refractivity contribution in [2.45, 2.75) is 12.7 Å². The quantitative estimate of drug-likeness (QED) is 0.676. The summed E-state index contributed by atoms with van der Waals surface area (Å²) >= 11 is 0. The van der Waals surface area contributed by atoms with E-state index in [4.69, 9.17) is 4.74 Å². The monoisotopic (exact) mass is 186 g/mol. The first-order valence-electron chi connectivity index (χ1n) is 3.92. The van der Waals surface area contributed by atoms with Gasteiger partial charge in [-0.2, -0.15) is 8.78 Å². The summed E-state index contributed by atoms with van der Waals surface area (Å²) in [5.74, 6) is 0.180. The van der Waals surface area contributed by atoms with Gasteiger partial charge in [-0.1, -0.05) is 12.1 Å². The summed E-state index contributed by atoms with van der Waals surface area (Å²) in [6.45, 7) is -2.04. The molecule has 0 radical (unpaired) electrons. The third-order valence-electron chi connectivity index (χ3n) is 1.81. The van der Waals surface area contributed by atoms with Crippen LogP contribution < -0.4 is 4.74 Å². The Labute approximate surface area is 74.1 Å². The molecule has 1 aliphatic rings. The minimum Gasteiger partial charge on any atom is -0.435 e. The molecule has 1 aromatic carbocycles. The number of ether oxygens (including phenoxy) is 2. The van der Waals surface area contributed by atoms with Crippen molar-refractivity contribution in [3.63, 3.8) is 0 Å². The van der Waals surface area contributed by atoms with E-state index in [2.05, 4.69) is 4.74 Å². The minimum atomic E-state index is -2.76. The number of halogens is 2. The van der Waals surface area contributed by atoms with Crippen LogP contribution in [-0.4, -0.2) is 13.2 Å². The zero-order valence-electron chi connectivity index (χ0n) is 6.74. The van der Waals surface area contributed by atoms with Crippen LogP contribution >= 0.6 is 0 Å². The molecule has 1 heterocycles. The molecule has 1 aromatic rings. The van der Waals surface area contributed by atoms with Crippen molar-refractivity contribution < 1.29 is 18.3 Å². The number of rotatable bonds is 3. The van der Waals surface area contributed by atoms with Crippen molar-refractivity contribution >= 4 is 0 Å². The fourth-order valence-corrected chi connectivity index (χ4v) is 1.10. The van der Waals surface area contributed by atoms with E-state index in [1.165, 1.54) is 12.1 Å². The first-order valence-corrected chi connectivity index (χ1v) is 3.92. The molecule has 13 heavy (non-hydrogen) atoms. The Morgan fingerprint density at radius 2 is 1.92 bits per heavy atom. The lowest BCUT2D eigenvalue weighted by Gasteiger charge is -2.03. The highest BCUT2D eigenvalue weighted by Crippen LogP contribution is 2.30. The third-order valence-corrected chi connectivity index (χ3v) is 1.81. The van der Waals surface area contributed by atoms with Gasteiger partial charge in [0.05, 0.1) is 6.61 Å². The molecule has 0 spiro atoms. The van der Waals surface area contributed by atoms with Crippen molar-refractivity contribution in [1.29, 1.82) is 0 Å². The van der Waals surface area contributed by atoms with Crippen LogP contribution in [0.4, 0.5) is 8.78 Å². The Kier molecular flexibility index (Phi) is 2.14. The molecule has 2 nitrogen and oxygen atoms in total. The van der Waals surface area contributed by atoms with Gasteiger partial charge in [-0.05, 0) is 17.7 Å². The molecule has 1 atom stereocenters. The molecular formula is C9H8F2O2. The number of hydrogen-bond acceptors (Lipinski definition) is 2. The number of epoxide rings is 1. The predicted molar refractivity (Wildman–Crippen MR) is 41.8 cm³/mol. The van der Waals surface area contributed by atoms with E-state index in [0.29, 0.717) is 0 Å². The molecule has 0 N–H and O–H groups in total. The summed E-state index contributed by atoms with van der Waals surface area (Å²) in [6, 6.07) is 6.50. The van der Waals surface area contributed by atoms with Gasteiger partial charge in [-0.25, -0.2) is 0 Å². The molecule has 0 saturated carbocycles. The van der Waals surface area contributed by atoms with Gasteiger partial charge in [0.25, 0.3) is 0 Å². The van der Waals surface area contributed by atoms with Crippen LogP contribution in [0.2, 0.25) is 0 Å². The Hall–Kier alpha value is -1.16. The van der Waals surface area contributed by atoms with E-state index < -0.39 is 6.61 Å². The molecule has 0 aliphatic carbocycles. The summed E-state index contributed by atoms with van der Waals surface area (Å²) in [5.41, 5.74) is 1.00. The second kappa shape index (κ2) is 3.30. The summed E-state index contributed by atoms with van der Waals surface area (Å²) < 4.78 is 32.7. The van der Waals surface area contributed by atoms with Crippen LogP contribution in [0, 0.1) is 0 Å². The van der Waals surface area contributed by atoms with Gasteiger partial charge >= 0.3 is 6.61 Å². The lowest BCUT2D eigenvalue weighted by Crippen LogP contribution is -2.01. The molecule has 1 saturated heterocycles. The molecule has 70 valence electrons. The van der Waals surface area contributed by atoms with E-state index in [0.717, 1.165) is 12.2 Å². The highest BCUT2D eigenvalue weighted by Gasteiger charge is 2.24. The molecule has 0 aromatic heterocycles. The maximum Gasteiger partial charge on any atom is 0.387 e. The van der Waals surface area contributed by atoms with Gasteiger partial charge in [0.1, 0.15) is 11.9 Å². The Bertz CT molecular complexity index is 280. The summed E-state index contributed by atoms with van der Waals surface area (Å²) in [5, 5.41) is 0. The summed E-state index contributed by atoms with van der Waals surface area (Å²) in [7, 11) is 0. The lowest BCUT2D eigenvalue weighted by atomic mass is 10.2. The number of benzene rings is 1. The normalized spacial score (nSPS) is 20.4. The van der Waals surface area contributed by atoms with Gasteiger partial charge in [0.2, 0.25) is 0 Å². The number of alkyl halides is 2. The highest BCUT2D eigenvalue weighted by molar-refractivity contribution is 5.29. The molecular weight excluding hydrogens is 178 g/mol. The van der Waals surface area contributed by atoms with E-state index in [-0.39, 0.29) is 11.9 Å². The molecule has 1 aliphatic heterocycles. The predicted octanol–water partition coefficient (Wildman–Crippen LogP) is 2.36. The molecule has 1 fully saturated rings. The molecule has 0 bridgehead atoms. The van der Waals surface area contributed by atoms with Gasteiger partial charge in [-0.3, -0.25) is 0 Å². The van der Waals surface area contributed by atoms with Crippen molar-refractivity contribution in [1.82, 2.24) is 0 Å². The van der Waals surface area contributed by atoms with Gasteiger partial charge in [0.15, 0.2) is 0 Å². The fourth-order valence-electron chi connectivity index (χ4n) is 1.10. The molecule has 0 amide bonds. The second-order valence-corrected chi connectivity index (χ2v) is 2.77. The smallest absolute Gasteiger partial charge is 0.387 e. The lowest BCUT2D eigenvalue weighted by molar-refractivity contribution is -0.0498. The van der Waals surface area contributed by atoms with Crippen molar-refractivity contribution in [2.24, 2.45) is 0 Å². The summed E-state index contributed by atoms with van der Waals surface area (Å²) in [6.07, 6.45) is 0.153. The van der Waals surface area contributed by atoms with E-state index in [1.54, 1.807) is 12.1 Å². The Morgan fingerprint density at radius 3 is 2.38 bits per heavy atom. The molecule has 4 heteroatoms. The standard InChI is InChI=1S/C9H8F2O2/c10-9(11)13-7-3-1-6(2-4-7)8-5-12-8/h1-4,8-9H,5H2/t8-/m1/s1. The molecule has 0 unspecified atom stereocenters. The van der Waals surface area contributed by atoms with Crippen LogP contribution in [0.5, 0.6) is 5.75 Å². The minimum absolute atomic E-state index is 0.153. The van der Waals surface area contributed by atoms with E-state index in [1.807, 2.05) is 0 Å². The average molecular weight is 186 g/mol. The molecule has 2 rings (SSSR count). The maximum atomic E-state index is 11.7. The zero-order valence-corrected chi connectivity index (χ0v) is 6.74. The maximum absolute atomic E-state index is 11.7. The van der Waals surface area contributed by atoms with Crippen LogP contribution in [0.25, 0.3) is 0 Å². The number of hydrogen-bond donors (Lipinski definition) is 0. The van der Waals surface area contributed by atoms with Crippen LogP contribution in [-0.2, 0) is 4.74 Å². The average Bonchev–Trinajstić information content (AvgIpc) is 2.87. The Balaban J connectivity index is 2.04. The first kappa shape index (κ1) is 8.44. The Morgan fingerprint density at radius 1 is 1.31 bits per heavy atom. The zero-order chi connectivity index (χ0) is 9.26. The second-order valence-electron chi connectivity index (χ2n) is 2.77.